The lowest BCUT2D eigenvalue weighted by molar-refractivity contribution is -0.115. The van der Waals surface area contributed by atoms with Gasteiger partial charge < -0.3 is 10.1 Å². The van der Waals surface area contributed by atoms with Crippen molar-refractivity contribution < 1.29 is 13.9 Å². The minimum atomic E-state index is -0.223. The summed E-state index contributed by atoms with van der Waals surface area (Å²) in [6.07, 6.45) is 0.292. The van der Waals surface area contributed by atoms with Crippen LogP contribution in [0.15, 0.2) is 53.9 Å². The van der Waals surface area contributed by atoms with E-state index in [1.54, 1.807) is 23.9 Å². The van der Waals surface area contributed by atoms with Crippen LogP contribution in [0.1, 0.15) is 23.7 Å². The summed E-state index contributed by atoms with van der Waals surface area (Å²) < 4.78 is 18.3. The maximum Gasteiger partial charge on any atom is 0.230 e. The largest absolute Gasteiger partial charge is 0.494 e. The van der Waals surface area contributed by atoms with Gasteiger partial charge in [0.25, 0.3) is 0 Å². The summed E-state index contributed by atoms with van der Waals surface area (Å²) >= 11 is 3.12. The van der Waals surface area contributed by atoms with Crippen LogP contribution in [0.5, 0.6) is 5.75 Å². The minimum Gasteiger partial charge on any atom is -0.494 e. The van der Waals surface area contributed by atoms with Crippen molar-refractivity contribution in [2.45, 2.75) is 24.9 Å². The van der Waals surface area contributed by atoms with Gasteiger partial charge in [0, 0.05) is 16.9 Å². The molecule has 1 aromatic heterocycles. The van der Waals surface area contributed by atoms with Crippen molar-refractivity contribution in [3.8, 4) is 5.75 Å². The third-order valence-electron chi connectivity index (χ3n) is 3.83. The SMILES string of the molecule is CCOc1ccc(CC(=O)Nc2nc(CSCc3ccc(F)cc3)cs2)cc1. The van der Waals surface area contributed by atoms with Crippen LogP contribution in [0.3, 0.4) is 0 Å². The number of carbonyl (C=O) groups is 1. The molecule has 2 aromatic carbocycles. The van der Waals surface area contributed by atoms with Gasteiger partial charge in [-0.15, -0.1) is 11.3 Å². The Kier molecular flexibility index (Phi) is 7.45. The molecule has 0 aliphatic carbocycles. The molecule has 146 valence electrons. The monoisotopic (exact) mass is 416 g/mol. The lowest BCUT2D eigenvalue weighted by Gasteiger charge is -2.05. The predicted molar refractivity (Wildman–Crippen MR) is 113 cm³/mol. The molecule has 1 heterocycles. The maximum absolute atomic E-state index is 12.9. The summed E-state index contributed by atoms with van der Waals surface area (Å²) in [5.74, 6) is 2.01. The molecule has 0 atom stereocenters. The van der Waals surface area contributed by atoms with Crippen LogP contribution in [0.2, 0.25) is 0 Å². The van der Waals surface area contributed by atoms with E-state index in [1.807, 2.05) is 36.6 Å². The molecule has 0 saturated heterocycles. The van der Waals surface area contributed by atoms with Crippen LogP contribution in [0, 0.1) is 5.82 Å². The van der Waals surface area contributed by atoms with E-state index in [1.165, 1.54) is 23.5 Å². The third kappa shape index (κ3) is 6.35. The molecule has 0 radical (unpaired) electrons. The number of benzene rings is 2. The molecule has 0 aliphatic heterocycles. The zero-order valence-electron chi connectivity index (χ0n) is 15.5. The van der Waals surface area contributed by atoms with E-state index < -0.39 is 0 Å². The molecule has 0 spiro atoms. The second-order valence-electron chi connectivity index (χ2n) is 6.07. The number of amides is 1. The Balaban J connectivity index is 1.44. The highest BCUT2D eigenvalue weighted by molar-refractivity contribution is 7.97. The standard InChI is InChI=1S/C21H21FN2O2S2/c1-2-26-19-9-5-15(6-10-19)11-20(25)24-21-23-18(14-28-21)13-27-12-16-3-7-17(22)8-4-16/h3-10,14H,2,11-13H2,1H3,(H,23,24,25). The molecule has 0 fully saturated rings. The highest BCUT2D eigenvalue weighted by Gasteiger charge is 2.08. The van der Waals surface area contributed by atoms with E-state index in [0.717, 1.165) is 34.1 Å². The fourth-order valence-electron chi connectivity index (χ4n) is 2.50. The topological polar surface area (TPSA) is 51.2 Å². The van der Waals surface area contributed by atoms with Gasteiger partial charge in [-0.25, -0.2) is 9.37 Å². The zero-order valence-corrected chi connectivity index (χ0v) is 17.1. The first-order valence-electron chi connectivity index (χ1n) is 8.90. The molecule has 0 bridgehead atoms. The van der Waals surface area contributed by atoms with Crippen LogP contribution in [-0.2, 0) is 22.7 Å². The molecular formula is C21H21FN2O2S2. The predicted octanol–water partition coefficient (Wildman–Crippen LogP) is 5.30. The Bertz CT molecular complexity index is 896. The highest BCUT2D eigenvalue weighted by Crippen LogP contribution is 2.22. The summed E-state index contributed by atoms with van der Waals surface area (Å²) in [5.41, 5.74) is 2.92. The number of anilines is 1. The van der Waals surface area contributed by atoms with Crippen LogP contribution in [-0.4, -0.2) is 17.5 Å². The summed E-state index contributed by atoms with van der Waals surface area (Å²) in [6.45, 7) is 2.55. The lowest BCUT2D eigenvalue weighted by atomic mass is 10.1. The fraction of sp³-hybridized carbons (Fsp3) is 0.238. The van der Waals surface area contributed by atoms with E-state index in [-0.39, 0.29) is 11.7 Å². The number of carbonyl (C=O) groups excluding carboxylic acids is 1. The quantitative estimate of drug-likeness (QED) is 0.515. The van der Waals surface area contributed by atoms with Crippen molar-refractivity contribution in [3.05, 3.63) is 76.5 Å². The Labute approximate surface area is 172 Å². The van der Waals surface area contributed by atoms with E-state index in [2.05, 4.69) is 10.3 Å². The van der Waals surface area contributed by atoms with Gasteiger partial charge in [0.2, 0.25) is 5.91 Å². The van der Waals surface area contributed by atoms with Crippen molar-refractivity contribution >= 4 is 34.1 Å². The first kappa shape index (κ1) is 20.4. The number of hydrogen-bond acceptors (Lipinski definition) is 5. The van der Waals surface area contributed by atoms with Gasteiger partial charge in [-0.05, 0) is 42.3 Å². The molecule has 3 aromatic rings. The average Bonchev–Trinajstić information content (AvgIpc) is 3.12. The lowest BCUT2D eigenvalue weighted by Crippen LogP contribution is -2.14. The molecule has 0 aliphatic rings. The van der Waals surface area contributed by atoms with E-state index in [9.17, 15) is 9.18 Å². The Morgan fingerprint density at radius 3 is 2.54 bits per heavy atom. The van der Waals surface area contributed by atoms with Crippen molar-refractivity contribution in [2.75, 3.05) is 11.9 Å². The first-order chi connectivity index (χ1) is 13.6. The smallest absolute Gasteiger partial charge is 0.230 e. The summed E-state index contributed by atoms with van der Waals surface area (Å²) in [5, 5.41) is 5.40. The van der Waals surface area contributed by atoms with Gasteiger partial charge in [-0.2, -0.15) is 11.8 Å². The van der Waals surface area contributed by atoms with Crippen molar-refractivity contribution in [2.24, 2.45) is 0 Å². The number of hydrogen-bond donors (Lipinski definition) is 1. The van der Waals surface area contributed by atoms with Crippen LogP contribution < -0.4 is 10.1 Å². The normalized spacial score (nSPS) is 10.6. The van der Waals surface area contributed by atoms with Gasteiger partial charge in [0.15, 0.2) is 5.13 Å². The molecule has 4 nitrogen and oxygen atoms in total. The number of ether oxygens (including phenoxy) is 1. The van der Waals surface area contributed by atoms with Gasteiger partial charge in [0.05, 0.1) is 18.7 Å². The number of nitrogens with one attached hydrogen (secondary N) is 1. The third-order valence-corrected chi connectivity index (χ3v) is 5.67. The molecule has 7 heteroatoms. The fourth-order valence-corrected chi connectivity index (χ4v) is 4.22. The van der Waals surface area contributed by atoms with Crippen LogP contribution >= 0.6 is 23.1 Å². The molecule has 28 heavy (non-hydrogen) atoms. The summed E-state index contributed by atoms with van der Waals surface area (Å²) in [4.78, 5) is 16.7. The number of rotatable bonds is 9. The van der Waals surface area contributed by atoms with E-state index in [4.69, 9.17) is 4.74 Å². The van der Waals surface area contributed by atoms with Gasteiger partial charge >= 0.3 is 0 Å². The summed E-state index contributed by atoms with van der Waals surface area (Å²) in [6, 6.07) is 14.0. The zero-order chi connectivity index (χ0) is 19.8. The number of aromatic nitrogens is 1. The van der Waals surface area contributed by atoms with E-state index >= 15 is 0 Å². The van der Waals surface area contributed by atoms with Crippen molar-refractivity contribution in [1.29, 1.82) is 0 Å². The van der Waals surface area contributed by atoms with Crippen molar-refractivity contribution in [1.82, 2.24) is 4.98 Å². The molecule has 3 rings (SSSR count). The Morgan fingerprint density at radius 1 is 1.11 bits per heavy atom. The molecule has 0 unspecified atom stereocenters. The molecule has 1 N–H and O–H groups in total. The van der Waals surface area contributed by atoms with Gasteiger partial charge in [0.1, 0.15) is 11.6 Å². The second-order valence-corrected chi connectivity index (χ2v) is 7.91. The number of halogens is 1. The first-order valence-corrected chi connectivity index (χ1v) is 10.9. The van der Waals surface area contributed by atoms with Crippen LogP contribution in [0.25, 0.3) is 0 Å². The highest BCUT2D eigenvalue weighted by atomic mass is 32.2. The Hall–Kier alpha value is -2.38. The van der Waals surface area contributed by atoms with E-state index in [0.29, 0.717) is 18.2 Å². The Morgan fingerprint density at radius 2 is 1.82 bits per heavy atom. The van der Waals surface area contributed by atoms with Gasteiger partial charge in [-0.1, -0.05) is 24.3 Å². The molecular weight excluding hydrogens is 395 g/mol. The maximum atomic E-state index is 12.9. The second kappa shape index (κ2) is 10.2. The molecule has 1 amide bonds. The molecule has 0 saturated carbocycles. The minimum absolute atomic E-state index is 0.0935. The number of nitrogens with zero attached hydrogens (tertiary/aromatic N) is 1. The number of thiazole rings is 1. The van der Waals surface area contributed by atoms with Crippen molar-refractivity contribution in [3.63, 3.8) is 0 Å². The van der Waals surface area contributed by atoms with Gasteiger partial charge in [-0.3, -0.25) is 4.79 Å². The average molecular weight is 417 g/mol. The number of thioether (sulfide) groups is 1. The van der Waals surface area contributed by atoms with Crippen LogP contribution in [0.4, 0.5) is 9.52 Å². The summed E-state index contributed by atoms with van der Waals surface area (Å²) in [7, 11) is 0.